The smallest absolute Gasteiger partial charge is 0.191 e. The third kappa shape index (κ3) is 6.49. The highest BCUT2D eigenvalue weighted by atomic mass is 16.5. The molecule has 0 unspecified atom stereocenters. The Balaban J connectivity index is 1.80. The minimum absolute atomic E-state index is 0.779. The van der Waals surface area contributed by atoms with Gasteiger partial charge in [0.25, 0.3) is 0 Å². The number of methoxy groups -OCH3 is 1. The maximum absolute atomic E-state index is 5.44. The summed E-state index contributed by atoms with van der Waals surface area (Å²) in [5.74, 6) is 1.80. The maximum atomic E-state index is 5.44. The molecule has 0 aliphatic rings. The van der Waals surface area contributed by atoms with Crippen LogP contribution in [0.5, 0.6) is 5.75 Å². The Bertz CT molecular complexity index is 652. The lowest BCUT2D eigenvalue weighted by Crippen LogP contribution is -2.38. The first kappa shape index (κ1) is 18.8. The van der Waals surface area contributed by atoms with Gasteiger partial charge in [0.15, 0.2) is 5.96 Å². The van der Waals surface area contributed by atoms with Crippen LogP contribution >= 0.6 is 0 Å². The molecular weight excluding hydrogens is 314 g/mol. The van der Waals surface area contributed by atoms with Gasteiger partial charge in [-0.05, 0) is 38.3 Å². The molecule has 0 radical (unpaired) electrons. The van der Waals surface area contributed by atoms with Gasteiger partial charge in [0.2, 0.25) is 0 Å². The van der Waals surface area contributed by atoms with Gasteiger partial charge in [-0.25, -0.2) is 4.98 Å². The molecule has 0 aliphatic carbocycles. The number of aliphatic imine (C=N–C) groups is 1. The van der Waals surface area contributed by atoms with E-state index >= 15 is 0 Å². The van der Waals surface area contributed by atoms with E-state index in [-0.39, 0.29) is 0 Å². The molecule has 0 spiro atoms. The second-order valence-corrected chi connectivity index (χ2v) is 5.91. The molecule has 0 bridgehead atoms. The Kier molecular flexibility index (Phi) is 7.82. The van der Waals surface area contributed by atoms with Crippen LogP contribution < -0.4 is 15.4 Å². The zero-order valence-electron chi connectivity index (χ0n) is 15.5. The number of nitrogens with zero attached hydrogens (tertiary/aromatic N) is 3. The van der Waals surface area contributed by atoms with E-state index in [0.717, 1.165) is 50.7 Å². The number of hydrogen-bond acceptors (Lipinski definition) is 3. The van der Waals surface area contributed by atoms with Crippen LogP contribution in [0, 0.1) is 6.92 Å². The topological polar surface area (TPSA) is 63.5 Å². The van der Waals surface area contributed by atoms with Crippen LogP contribution in [0.4, 0.5) is 0 Å². The third-order valence-electron chi connectivity index (χ3n) is 3.87. The minimum atomic E-state index is 0.779. The summed E-state index contributed by atoms with van der Waals surface area (Å²) in [4.78, 5) is 8.68. The quantitative estimate of drug-likeness (QED) is 0.417. The number of guanidine groups is 1. The van der Waals surface area contributed by atoms with E-state index in [4.69, 9.17) is 4.74 Å². The second kappa shape index (κ2) is 10.4. The van der Waals surface area contributed by atoms with E-state index in [9.17, 15) is 0 Å². The van der Waals surface area contributed by atoms with E-state index in [2.05, 4.69) is 51.2 Å². The predicted octanol–water partition coefficient (Wildman–Crippen LogP) is 2.39. The molecule has 0 saturated heterocycles. The minimum Gasteiger partial charge on any atom is -0.496 e. The lowest BCUT2D eigenvalue weighted by Gasteiger charge is -2.13. The molecule has 0 fully saturated rings. The van der Waals surface area contributed by atoms with Crippen LogP contribution in [0.1, 0.15) is 24.5 Å². The molecule has 6 heteroatoms. The van der Waals surface area contributed by atoms with Gasteiger partial charge in [-0.15, -0.1) is 0 Å². The molecule has 136 valence electrons. The highest BCUT2D eigenvalue weighted by Gasteiger charge is 2.04. The number of nitrogens with one attached hydrogen (secondary N) is 2. The first-order valence-electron chi connectivity index (χ1n) is 8.84. The summed E-state index contributed by atoms with van der Waals surface area (Å²) in [5, 5.41) is 6.69. The summed E-state index contributed by atoms with van der Waals surface area (Å²) >= 11 is 0. The largest absolute Gasteiger partial charge is 0.496 e. The summed E-state index contributed by atoms with van der Waals surface area (Å²) in [5.41, 5.74) is 2.46. The third-order valence-corrected chi connectivity index (χ3v) is 3.87. The number of imidazole rings is 1. The van der Waals surface area contributed by atoms with Crippen molar-refractivity contribution in [3.05, 3.63) is 48.0 Å². The van der Waals surface area contributed by atoms with Gasteiger partial charge in [-0.1, -0.05) is 17.7 Å². The van der Waals surface area contributed by atoms with Crippen LogP contribution in [0.3, 0.4) is 0 Å². The number of ether oxygens (including phenoxy) is 1. The molecule has 0 saturated carbocycles. The fraction of sp³-hybridized carbons (Fsp3) is 0.474. The van der Waals surface area contributed by atoms with Gasteiger partial charge < -0.3 is 19.9 Å². The van der Waals surface area contributed by atoms with E-state index in [1.807, 2.05) is 18.6 Å². The molecule has 1 aromatic carbocycles. The molecule has 1 aromatic heterocycles. The maximum Gasteiger partial charge on any atom is 0.191 e. The van der Waals surface area contributed by atoms with Crippen LogP contribution in [0.25, 0.3) is 0 Å². The van der Waals surface area contributed by atoms with E-state index in [1.165, 1.54) is 11.1 Å². The molecule has 2 N–H and O–H groups in total. The van der Waals surface area contributed by atoms with Crippen molar-refractivity contribution in [1.29, 1.82) is 0 Å². The Labute approximate surface area is 150 Å². The van der Waals surface area contributed by atoms with Crippen molar-refractivity contribution in [2.75, 3.05) is 26.7 Å². The summed E-state index contributed by atoms with van der Waals surface area (Å²) in [7, 11) is 1.72. The molecule has 25 heavy (non-hydrogen) atoms. The van der Waals surface area contributed by atoms with Gasteiger partial charge >= 0.3 is 0 Å². The Morgan fingerprint density at radius 3 is 2.92 bits per heavy atom. The monoisotopic (exact) mass is 343 g/mol. The van der Waals surface area contributed by atoms with Crippen molar-refractivity contribution in [3.8, 4) is 5.75 Å². The summed E-state index contributed by atoms with van der Waals surface area (Å²) in [6.45, 7) is 7.55. The number of hydrogen-bond donors (Lipinski definition) is 2. The van der Waals surface area contributed by atoms with Crippen LogP contribution in [-0.2, 0) is 13.0 Å². The first-order chi connectivity index (χ1) is 12.2. The predicted molar refractivity (Wildman–Crippen MR) is 102 cm³/mol. The number of rotatable bonds is 9. The summed E-state index contributed by atoms with van der Waals surface area (Å²) in [6.07, 6.45) is 7.49. The lowest BCUT2D eigenvalue weighted by atomic mass is 10.1. The Morgan fingerprint density at radius 2 is 2.20 bits per heavy atom. The molecular formula is C19H29N5O. The Hall–Kier alpha value is -2.50. The average molecular weight is 343 g/mol. The van der Waals surface area contributed by atoms with Crippen LogP contribution in [-0.4, -0.2) is 42.3 Å². The normalized spacial score (nSPS) is 11.4. The second-order valence-electron chi connectivity index (χ2n) is 5.91. The molecule has 1 heterocycles. The fourth-order valence-electron chi connectivity index (χ4n) is 2.62. The zero-order chi connectivity index (χ0) is 17.9. The van der Waals surface area contributed by atoms with Gasteiger partial charge in [-0.2, -0.15) is 0 Å². The molecule has 0 amide bonds. The van der Waals surface area contributed by atoms with E-state index in [1.54, 1.807) is 13.3 Å². The first-order valence-corrected chi connectivity index (χ1v) is 8.84. The van der Waals surface area contributed by atoms with Crippen molar-refractivity contribution in [2.24, 2.45) is 4.99 Å². The van der Waals surface area contributed by atoms with Gasteiger partial charge in [0.05, 0.1) is 13.4 Å². The van der Waals surface area contributed by atoms with Crippen molar-refractivity contribution in [1.82, 2.24) is 20.2 Å². The van der Waals surface area contributed by atoms with Crippen LogP contribution in [0.15, 0.2) is 41.9 Å². The summed E-state index contributed by atoms with van der Waals surface area (Å²) in [6, 6.07) is 6.28. The number of aryl methyl sites for hydroxylation is 2. The van der Waals surface area contributed by atoms with Gasteiger partial charge in [0.1, 0.15) is 5.75 Å². The fourth-order valence-corrected chi connectivity index (χ4v) is 2.62. The van der Waals surface area contributed by atoms with E-state index < -0.39 is 0 Å². The van der Waals surface area contributed by atoms with Crippen molar-refractivity contribution in [2.45, 2.75) is 33.2 Å². The highest BCUT2D eigenvalue weighted by Crippen LogP contribution is 2.19. The number of benzene rings is 1. The SMILES string of the molecule is CCNC(=NCCCn1ccnc1)NCCc1cc(C)ccc1OC. The highest BCUT2D eigenvalue weighted by molar-refractivity contribution is 5.79. The molecule has 6 nitrogen and oxygen atoms in total. The molecule has 0 aliphatic heterocycles. The van der Waals surface area contributed by atoms with Gasteiger partial charge in [0, 0.05) is 38.6 Å². The van der Waals surface area contributed by atoms with Crippen molar-refractivity contribution >= 4 is 5.96 Å². The number of aromatic nitrogens is 2. The van der Waals surface area contributed by atoms with Crippen LogP contribution in [0.2, 0.25) is 0 Å². The average Bonchev–Trinajstić information content (AvgIpc) is 3.12. The standard InChI is InChI=1S/C19H29N5O/c1-4-21-19(22-9-5-12-24-13-11-20-15-24)23-10-8-17-14-16(2)6-7-18(17)25-3/h6-7,11,13-15H,4-5,8-10,12H2,1-3H3,(H2,21,22,23). The zero-order valence-corrected chi connectivity index (χ0v) is 15.5. The molecule has 0 atom stereocenters. The van der Waals surface area contributed by atoms with Crippen molar-refractivity contribution < 1.29 is 4.74 Å². The molecule has 2 rings (SSSR count). The van der Waals surface area contributed by atoms with Crippen molar-refractivity contribution in [3.63, 3.8) is 0 Å². The Morgan fingerprint density at radius 1 is 1.32 bits per heavy atom. The summed E-state index contributed by atoms with van der Waals surface area (Å²) < 4.78 is 7.51. The molecule has 2 aromatic rings. The van der Waals surface area contributed by atoms with Gasteiger partial charge in [-0.3, -0.25) is 4.99 Å². The lowest BCUT2D eigenvalue weighted by molar-refractivity contribution is 0.409. The van der Waals surface area contributed by atoms with E-state index in [0.29, 0.717) is 0 Å².